The van der Waals surface area contributed by atoms with Crippen LogP contribution in [0, 0.1) is 0 Å². The van der Waals surface area contributed by atoms with Crippen molar-refractivity contribution in [3.63, 3.8) is 0 Å². The number of pyridine rings is 1. The van der Waals surface area contributed by atoms with Crippen molar-refractivity contribution in [1.29, 1.82) is 0 Å². The molecule has 0 atom stereocenters. The first-order chi connectivity index (χ1) is 21.1. The molecule has 5 aromatic rings. The average Bonchev–Trinajstić information content (AvgIpc) is 3.52. The molecule has 7 heteroatoms. The van der Waals surface area contributed by atoms with E-state index in [9.17, 15) is 0 Å². The van der Waals surface area contributed by atoms with E-state index < -0.39 is 0 Å². The molecule has 0 radical (unpaired) electrons. The van der Waals surface area contributed by atoms with Crippen molar-refractivity contribution in [3.8, 4) is 45.8 Å². The van der Waals surface area contributed by atoms with Crippen molar-refractivity contribution < 1.29 is 33.0 Å². The molecule has 0 N–H and O–H groups in total. The first kappa shape index (κ1) is 27.0. The van der Waals surface area contributed by atoms with Crippen LogP contribution in [0.15, 0.2) is 79.0 Å². The molecule has 0 amide bonds. The van der Waals surface area contributed by atoms with Crippen molar-refractivity contribution >= 4 is 10.8 Å². The smallest absolute Gasteiger partial charge is 0.231 e. The van der Waals surface area contributed by atoms with E-state index >= 15 is 0 Å². The Bertz CT molecular complexity index is 1770. The Labute approximate surface area is 251 Å². The fourth-order valence-electron chi connectivity index (χ4n) is 6.52. The van der Waals surface area contributed by atoms with Crippen LogP contribution in [-0.2, 0) is 19.4 Å². The predicted molar refractivity (Wildman–Crippen MR) is 164 cm³/mol. The van der Waals surface area contributed by atoms with Crippen molar-refractivity contribution in [2.45, 2.75) is 25.3 Å². The molecule has 2 aliphatic heterocycles. The lowest BCUT2D eigenvalue weighted by molar-refractivity contribution is -0.686. The predicted octanol–water partition coefficient (Wildman–Crippen LogP) is 6.49. The van der Waals surface area contributed by atoms with Gasteiger partial charge >= 0.3 is 0 Å². The van der Waals surface area contributed by atoms with Crippen molar-refractivity contribution in [2.24, 2.45) is 0 Å². The summed E-state index contributed by atoms with van der Waals surface area (Å²) in [5, 5.41) is 2.15. The lowest BCUT2D eigenvalue weighted by Crippen LogP contribution is -2.41. The van der Waals surface area contributed by atoms with Crippen LogP contribution < -0.4 is 33.0 Å². The van der Waals surface area contributed by atoms with Crippen LogP contribution in [0.3, 0.4) is 0 Å². The number of ether oxygens (including phenoxy) is 6. The minimum Gasteiger partial charge on any atom is -0.497 e. The van der Waals surface area contributed by atoms with E-state index in [0.29, 0.717) is 5.75 Å². The number of hydrogen-bond acceptors (Lipinski definition) is 6. The highest BCUT2D eigenvalue weighted by Gasteiger charge is 2.33. The molecular weight excluding hydrogens is 542 g/mol. The summed E-state index contributed by atoms with van der Waals surface area (Å²) in [6.07, 6.45) is 3.84. The quantitative estimate of drug-likeness (QED) is 0.197. The van der Waals surface area contributed by atoms with E-state index in [2.05, 4.69) is 53.2 Å². The number of nitrogens with zero attached hydrogens (tertiary/aromatic N) is 1. The SMILES string of the molecule is COc1ccc(C(Cc2c3[n+](cc4c(OC)c(OC)ccc24)CCc2cc4c(cc2-3)OCO4)c2ccc(OC)cc2)cc1. The van der Waals surface area contributed by atoms with E-state index in [4.69, 9.17) is 28.4 Å². The summed E-state index contributed by atoms with van der Waals surface area (Å²) in [6, 6.07) is 25.2. The largest absolute Gasteiger partial charge is 0.497 e. The Morgan fingerprint density at radius 3 is 1.98 bits per heavy atom. The summed E-state index contributed by atoms with van der Waals surface area (Å²) in [4.78, 5) is 0. The monoisotopic (exact) mass is 576 g/mol. The van der Waals surface area contributed by atoms with Gasteiger partial charge in [0, 0.05) is 23.3 Å². The van der Waals surface area contributed by atoms with Crippen molar-refractivity contribution in [1.82, 2.24) is 0 Å². The molecule has 3 heterocycles. The van der Waals surface area contributed by atoms with Gasteiger partial charge in [0.25, 0.3) is 0 Å². The standard InChI is InChI=1S/C36H34NO6/c1-38-25-9-5-22(6-10-25)28(23-7-11-26(39-2)12-8-23)18-30-27-13-14-32(40-3)36(41-4)31(27)20-37-16-15-24-17-33-34(43-21-42-33)19-29(24)35(30)37/h5-14,17,19-20,28H,15-16,18,21H2,1-4H3/q+1. The van der Waals surface area contributed by atoms with Crippen molar-refractivity contribution in [2.75, 3.05) is 35.2 Å². The summed E-state index contributed by atoms with van der Waals surface area (Å²) in [5.41, 5.74) is 7.25. The summed E-state index contributed by atoms with van der Waals surface area (Å²) in [5.74, 6) is 4.76. The second-order valence-corrected chi connectivity index (χ2v) is 10.8. The van der Waals surface area contributed by atoms with Gasteiger partial charge in [0.2, 0.25) is 12.5 Å². The molecule has 0 spiro atoms. The van der Waals surface area contributed by atoms with Gasteiger partial charge in [-0.2, -0.15) is 4.57 Å². The first-order valence-electron chi connectivity index (χ1n) is 14.4. The van der Waals surface area contributed by atoms with Gasteiger partial charge in [-0.3, -0.25) is 0 Å². The van der Waals surface area contributed by atoms with Gasteiger partial charge in [-0.1, -0.05) is 24.3 Å². The maximum Gasteiger partial charge on any atom is 0.231 e. The second-order valence-electron chi connectivity index (χ2n) is 10.8. The summed E-state index contributed by atoms with van der Waals surface area (Å²) in [7, 11) is 6.77. The molecule has 0 bridgehead atoms. The third-order valence-electron chi connectivity index (χ3n) is 8.69. The third kappa shape index (κ3) is 4.65. The topological polar surface area (TPSA) is 59.3 Å². The number of aryl methyl sites for hydroxylation is 2. The zero-order chi connectivity index (χ0) is 29.5. The Morgan fingerprint density at radius 2 is 1.37 bits per heavy atom. The number of benzene rings is 4. The lowest BCUT2D eigenvalue weighted by Gasteiger charge is -2.24. The van der Waals surface area contributed by atoms with Gasteiger partial charge in [0.1, 0.15) is 11.5 Å². The van der Waals surface area contributed by atoms with Gasteiger partial charge in [-0.15, -0.1) is 0 Å². The molecule has 4 aromatic carbocycles. The number of fused-ring (bicyclic) bond motifs is 5. The molecule has 0 saturated heterocycles. The Morgan fingerprint density at radius 1 is 0.721 bits per heavy atom. The van der Waals surface area contributed by atoms with Crippen LogP contribution in [0.5, 0.6) is 34.5 Å². The third-order valence-corrected chi connectivity index (χ3v) is 8.69. The van der Waals surface area contributed by atoms with Crippen LogP contribution in [0.25, 0.3) is 22.0 Å². The fraction of sp³-hybridized carbons (Fsp3) is 0.250. The van der Waals surface area contributed by atoms with Gasteiger partial charge < -0.3 is 28.4 Å². The number of aromatic nitrogens is 1. The van der Waals surface area contributed by atoms with E-state index in [1.807, 2.05) is 30.3 Å². The van der Waals surface area contributed by atoms with E-state index in [1.165, 1.54) is 33.5 Å². The molecule has 0 unspecified atom stereocenters. The van der Waals surface area contributed by atoms with E-state index in [-0.39, 0.29) is 12.7 Å². The molecular formula is C36H34NO6+. The van der Waals surface area contributed by atoms with Crippen LogP contribution in [0.2, 0.25) is 0 Å². The zero-order valence-electron chi connectivity index (χ0n) is 24.8. The molecule has 43 heavy (non-hydrogen) atoms. The fourth-order valence-corrected chi connectivity index (χ4v) is 6.52. The zero-order valence-corrected chi connectivity index (χ0v) is 24.8. The van der Waals surface area contributed by atoms with Crippen LogP contribution >= 0.6 is 0 Å². The molecule has 0 fully saturated rings. The number of hydrogen-bond donors (Lipinski definition) is 0. The highest BCUT2D eigenvalue weighted by molar-refractivity contribution is 5.95. The van der Waals surface area contributed by atoms with Crippen LogP contribution in [0.4, 0.5) is 0 Å². The maximum atomic E-state index is 5.95. The molecule has 0 aliphatic carbocycles. The summed E-state index contributed by atoms with van der Waals surface area (Å²) in [6.45, 7) is 1.08. The molecule has 0 saturated carbocycles. The Kier molecular flexibility index (Phi) is 6.93. The molecule has 7 nitrogen and oxygen atoms in total. The van der Waals surface area contributed by atoms with Gasteiger partial charge in [-0.25, -0.2) is 0 Å². The minimum absolute atomic E-state index is 0.0552. The Hall–Kier alpha value is -4.91. The molecule has 1 aromatic heterocycles. The lowest BCUT2D eigenvalue weighted by atomic mass is 9.82. The van der Waals surface area contributed by atoms with Crippen molar-refractivity contribution in [3.05, 3.63) is 101 Å². The van der Waals surface area contributed by atoms with Gasteiger partial charge in [-0.05, 0) is 71.6 Å². The minimum atomic E-state index is 0.0552. The van der Waals surface area contributed by atoms with E-state index in [1.54, 1.807) is 28.4 Å². The molecule has 7 rings (SSSR count). The molecule has 218 valence electrons. The van der Waals surface area contributed by atoms with Gasteiger partial charge in [0.15, 0.2) is 35.7 Å². The first-order valence-corrected chi connectivity index (χ1v) is 14.4. The maximum absolute atomic E-state index is 5.95. The second kappa shape index (κ2) is 11.1. The average molecular weight is 577 g/mol. The highest BCUT2D eigenvalue weighted by atomic mass is 16.7. The number of methoxy groups -OCH3 is 4. The Balaban J connectivity index is 1.48. The van der Waals surface area contributed by atoms with Crippen LogP contribution in [-0.4, -0.2) is 35.2 Å². The summed E-state index contributed by atoms with van der Waals surface area (Å²) >= 11 is 0. The summed E-state index contributed by atoms with van der Waals surface area (Å²) < 4.78 is 36.6. The van der Waals surface area contributed by atoms with Crippen LogP contribution in [0.1, 0.15) is 28.2 Å². The molecule has 2 aliphatic rings. The number of rotatable bonds is 8. The van der Waals surface area contributed by atoms with Gasteiger partial charge in [0.05, 0.1) is 39.4 Å². The normalized spacial score (nSPS) is 13.0. The highest BCUT2D eigenvalue weighted by Crippen LogP contribution is 2.45. The van der Waals surface area contributed by atoms with E-state index in [0.717, 1.165) is 58.9 Å².